The van der Waals surface area contributed by atoms with Crippen molar-refractivity contribution in [2.45, 2.75) is 33.2 Å². The molecule has 0 atom stereocenters. The van der Waals surface area contributed by atoms with Crippen molar-refractivity contribution < 1.29 is 13.3 Å². The Morgan fingerprint density at radius 2 is 1.33 bits per heavy atom. The van der Waals surface area contributed by atoms with E-state index in [1.54, 1.807) is 0 Å². The van der Waals surface area contributed by atoms with Gasteiger partial charge in [0, 0.05) is 34.3 Å². The van der Waals surface area contributed by atoms with Crippen LogP contribution in [0, 0.1) is 0 Å². The van der Waals surface area contributed by atoms with Gasteiger partial charge >= 0.3 is 8.80 Å². The molecular weight excluding hydrogens is 209 g/mol. The van der Waals surface area contributed by atoms with Crippen molar-refractivity contribution >= 4 is 17.2 Å². The summed E-state index contributed by atoms with van der Waals surface area (Å²) in [7, 11) is -2.40. The van der Waals surface area contributed by atoms with Gasteiger partial charge in [-0.2, -0.15) is 0 Å². The fourth-order valence-corrected chi connectivity index (χ4v) is 3.96. The largest absolute Gasteiger partial charge is 0.500 e. The van der Waals surface area contributed by atoms with Crippen LogP contribution in [0.1, 0.15) is 27.2 Å². The van der Waals surface area contributed by atoms with Crippen LogP contribution in [0.25, 0.3) is 0 Å². The van der Waals surface area contributed by atoms with Crippen molar-refractivity contribution in [3.63, 3.8) is 0 Å². The second-order valence-corrected chi connectivity index (χ2v) is 5.61. The molecule has 0 spiro atoms. The van der Waals surface area contributed by atoms with E-state index in [4.69, 9.17) is 19.0 Å². The van der Waals surface area contributed by atoms with Crippen LogP contribution in [0.3, 0.4) is 0 Å². The first-order chi connectivity index (χ1) is 6.74. The summed E-state index contributed by atoms with van der Waals surface area (Å²) in [5, 5.41) is 0. The van der Waals surface area contributed by atoms with Gasteiger partial charge in [0.15, 0.2) is 0 Å². The molecule has 0 fully saturated rings. The smallest absolute Gasteiger partial charge is 0.374 e. The Morgan fingerprint density at radius 1 is 0.933 bits per heavy atom. The van der Waals surface area contributed by atoms with E-state index in [2.05, 4.69) is 0 Å². The molecule has 0 amide bonds. The van der Waals surface area contributed by atoms with Gasteiger partial charge in [0.2, 0.25) is 0 Å². The fourth-order valence-electron chi connectivity index (χ4n) is 1.32. The molecule has 4 nitrogen and oxygen atoms in total. The fraction of sp³-hybridized carbons (Fsp3) is 1.00. The SMILES string of the molecule is CCO[Si](CCCN)(OCC)OCC.[B]. The minimum absolute atomic E-state index is 0. The van der Waals surface area contributed by atoms with Gasteiger partial charge < -0.3 is 19.0 Å². The molecule has 0 aliphatic heterocycles. The highest BCUT2D eigenvalue weighted by atomic mass is 28.4. The third-order valence-corrected chi connectivity index (χ3v) is 4.93. The summed E-state index contributed by atoms with van der Waals surface area (Å²) in [5.74, 6) is 0. The molecule has 2 N–H and O–H groups in total. The van der Waals surface area contributed by atoms with Gasteiger partial charge in [-0.05, 0) is 33.7 Å². The van der Waals surface area contributed by atoms with E-state index in [1.165, 1.54) is 0 Å². The van der Waals surface area contributed by atoms with Crippen LogP contribution in [-0.2, 0) is 13.3 Å². The highest BCUT2D eigenvalue weighted by Crippen LogP contribution is 2.17. The molecule has 0 aromatic carbocycles. The maximum atomic E-state index is 5.65. The van der Waals surface area contributed by atoms with E-state index >= 15 is 0 Å². The van der Waals surface area contributed by atoms with E-state index in [0.29, 0.717) is 26.4 Å². The number of nitrogens with two attached hydrogens (primary N) is 1. The van der Waals surface area contributed by atoms with E-state index < -0.39 is 8.80 Å². The molecule has 3 radical (unpaired) electrons. The van der Waals surface area contributed by atoms with Gasteiger partial charge in [-0.3, -0.25) is 0 Å². The van der Waals surface area contributed by atoms with Crippen molar-refractivity contribution in [1.29, 1.82) is 0 Å². The minimum atomic E-state index is -2.40. The Kier molecular flexibility index (Phi) is 12.4. The molecule has 0 rings (SSSR count). The third kappa shape index (κ3) is 7.08. The van der Waals surface area contributed by atoms with Gasteiger partial charge in [-0.1, -0.05) is 0 Å². The van der Waals surface area contributed by atoms with Gasteiger partial charge in [-0.15, -0.1) is 0 Å². The van der Waals surface area contributed by atoms with Crippen LogP contribution in [0.2, 0.25) is 6.04 Å². The topological polar surface area (TPSA) is 53.7 Å². The van der Waals surface area contributed by atoms with Crippen molar-refractivity contribution in [3.8, 4) is 0 Å². The summed E-state index contributed by atoms with van der Waals surface area (Å²) in [5.41, 5.74) is 5.48. The molecule has 15 heavy (non-hydrogen) atoms. The summed E-state index contributed by atoms with van der Waals surface area (Å²) in [4.78, 5) is 0. The van der Waals surface area contributed by atoms with Crippen molar-refractivity contribution in [3.05, 3.63) is 0 Å². The third-order valence-electron chi connectivity index (χ3n) is 1.78. The van der Waals surface area contributed by atoms with E-state index in [1.807, 2.05) is 20.8 Å². The maximum absolute atomic E-state index is 5.65. The summed E-state index contributed by atoms with van der Waals surface area (Å²) in [6, 6.07) is 0.818. The first-order valence-corrected chi connectivity index (χ1v) is 7.29. The first-order valence-electron chi connectivity index (χ1n) is 5.36. The van der Waals surface area contributed by atoms with Crippen LogP contribution in [0.15, 0.2) is 0 Å². The molecule has 0 unspecified atom stereocenters. The molecule has 0 aromatic heterocycles. The summed E-state index contributed by atoms with van der Waals surface area (Å²) >= 11 is 0. The zero-order valence-corrected chi connectivity index (χ0v) is 11.1. The molecule has 0 bridgehead atoms. The molecule has 0 saturated carbocycles. The highest BCUT2D eigenvalue weighted by Gasteiger charge is 2.39. The van der Waals surface area contributed by atoms with Gasteiger partial charge in [0.05, 0.1) is 0 Å². The number of hydrogen-bond donors (Lipinski definition) is 1. The molecule has 0 aliphatic carbocycles. The molecule has 89 valence electrons. The average Bonchev–Trinajstić information content (AvgIpc) is 2.16. The molecular formula is C9H23BNO3Si. The zero-order valence-electron chi connectivity index (χ0n) is 10.1. The van der Waals surface area contributed by atoms with Gasteiger partial charge in [-0.25, -0.2) is 0 Å². The highest BCUT2D eigenvalue weighted by molar-refractivity contribution is 6.60. The zero-order chi connectivity index (χ0) is 10.9. The van der Waals surface area contributed by atoms with E-state index in [0.717, 1.165) is 12.5 Å². The second kappa shape index (κ2) is 10.6. The maximum Gasteiger partial charge on any atom is 0.500 e. The lowest BCUT2D eigenvalue weighted by molar-refractivity contribution is 0.0710. The Bertz CT molecular complexity index is 124. The van der Waals surface area contributed by atoms with Gasteiger partial charge in [0.1, 0.15) is 0 Å². The van der Waals surface area contributed by atoms with Crippen molar-refractivity contribution in [2.75, 3.05) is 26.4 Å². The van der Waals surface area contributed by atoms with Crippen LogP contribution < -0.4 is 5.73 Å². The summed E-state index contributed by atoms with van der Waals surface area (Å²) in [6.45, 7) is 8.44. The standard InChI is InChI=1S/C9H23NO3Si.B/c1-4-11-14(12-5-2,13-6-3)9-7-8-10;/h4-10H2,1-3H3;. The van der Waals surface area contributed by atoms with Crippen LogP contribution in [0.4, 0.5) is 0 Å². The first kappa shape index (κ1) is 17.5. The second-order valence-electron chi connectivity index (χ2n) is 2.87. The Morgan fingerprint density at radius 3 is 1.60 bits per heavy atom. The Labute approximate surface area is 96.4 Å². The van der Waals surface area contributed by atoms with Crippen molar-refractivity contribution in [1.82, 2.24) is 0 Å². The Balaban J connectivity index is 0. The molecule has 0 heterocycles. The summed E-state index contributed by atoms with van der Waals surface area (Å²) in [6.07, 6.45) is 0.895. The van der Waals surface area contributed by atoms with Crippen LogP contribution in [0.5, 0.6) is 0 Å². The van der Waals surface area contributed by atoms with Gasteiger partial charge in [0.25, 0.3) is 0 Å². The van der Waals surface area contributed by atoms with Crippen LogP contribution in [-0.4, -0.2) is 43.6 Å². The molecule has 0 saturated heterocycles. The number of rotatable bonds is 9. The van der Waals surface area contributed by atoms with E-state index in [9.17, 15) is 0 Å². The lowest BCUT2D eigenvalue weighted by atomic mass is 10.5. The summed E-state index contributed by atoms with van der Waals surface area (Å²) < 4.78 is 17.0. The lowest BCUT2D eigenvalue weighted by Crippen LogP contribution is -2.46. The van der Waals surface area contributed by atoms with E-state index in [-0.39, 0.29) is 8.41 Å². The van der Waals surface area contributed by atoms with Crippen molar-refractivity contribution in [2.24, 2.45) is 5.73 Å². The predicted molar refractivity (Wildman–Crippen MR) is 64.9 cm³/mol. The Hall–Kier alpha value is 0.122. The normalized spacial score (nSPS) is 11.2. The minimum Gasteiger partial charge on any atom is -0.374 e. The quantitative estimate of drug-likeness (QED) is 0.602. The molecule has 0 aromatic rings. The number of hydrogen-bond acceptors (Lipinski definition) is 4. The predicted octanol–water partition coefficient (Wildman–Crippen LogP) is 1.00. The molecule has 0 aliphatic rings. The lowest BCUT2D eigenvalue weighted by Gasteiger charge is -2.28. The molecule has 6 heteroatoms. The monoisotopic (exact) mass is 232 g/mol. The average molecular weight is 232 g/mol. The van der Waals surface area contributed by atoms with Crippen LogP contribution >= 0.6 is 0 Å².